The Labute approximate surface area is 266 Å². The number of hydrogen-bond donors (Lipinski definition) is 0. The molecule has 8 rings (SSSR count). The number of hydrogen-bond acceptors (Lipinski definition) is 3. The van der Waals surface area contributed by atoms with Crippen molar-refractivity contribution in [2.75, 3.05) is 4.90 Å². The maximum absolute atomic E-state index is 15.9. The first kappa shape index (κ1) is 28.1. The fourth-order valence-corrected chi connectivity index (χ4v) is 8.41. The lowest BCUT2D eigenvalue weighted by Crippen LogP contribution is -2.45. The number of benzene rings is 5. The standard InChI is InChI=1S/C41H30FNO3/c1-25-13-17-27(18-14-25)33-34(28-19-15-26(2)16-20-28)41(30-11-7-4-8-12-30)36-35(40(33,39(41)46)29-9-5-3-6-10-29)37(44)43(38(36)45)32-23-21-31(42)22-24-32/h3-24,35-36H,1-2H3/t35-,36-,40-,41-/m1/s1. The molecular formula is C41H30FNO3. The zero-order chi connectivity index (χ0) is 31.8. The number of ketones is 1. The quantitative estimate of drug-likeness (QED) is 0.194. The van der Waals surface area contributed by atoms with Gasteiger partial charge in [0.1, 0.15) is 5.82 Å². The molecule has 2 amide bonds. The van der Waals surface area contributed by atoms with Gasteiger partial charge >= 0.3 is 0 Å². The molecule has 0 unspecified atom stereocenters. The van der Waals surface area contributed by atoms with Crippen LogP contribution in [0.15, 0.2) is 133 Å². The second-order valence-corrected chi connectivity index (χ2v) is 12.6. The van der Waals surface area contributed by atoms with Gasteiger partial charge in [-0.2, -0.15) is 0 Å². The van der Waals surface area contributed by atoms with Crippen LogP contribution in [0.1, 0.15) is 33.4 Å². The molecule has 2 fully saturated rings. The third-order valence-corrected chi connectivity index (χ3v) is 10.2. The molecule has 224 valence electrons. The van der Waals surface area contributed by atoms with Crippen LogP contribution in [0.25, 0.3) is 11.1 Å². The molecule has 0 aromatic heterocycles. The number of anilines is 1. The summed E-state index contributed by atoms with van der Waals surface area (Å²) in [4.78, 5) is 46.9. The van der Waals surface area contributed by atoms with Crippen LogP contribution in [-0.4, -0.2) is 17.6 Å². The average molecular weight is 604 g/mol. The molecule has 46 heavy (non-hydrogen) atoms. The van der Waals surface area contributed by atoms with E-state index in [4.69, 9.17) is 0 Å². The van der Waals surface area contributed by atoms with E-state index in [1.807, 2.05) is 123 Å². The Morgan fingerprint density at radius 2 is 0.913 bits per heavy atom. The van der Waals surface area contributed by atoms with Crippen LogP contribution < -0.4 is 4.90 Å². The van der Waals surface area contributed by atoms with Crippen molar-refractivity contribution in [2.45, 2.75) is 24.7 Å². The highest BCUT2D eigenvalue weighted by molar-refractivity contribution is 6.39. The number of imide groups is 1. The highest BCUT2D eigenvalue weighted by atomic mass is 19.1. The number of aryl methyl sites for hydroxylation is 2. The molecule has 3 aliphatic rings. The lowest BCUT2D eigenvalue weighted by molar-refractivity contribution is -0.130. The lowest BCUT2D eigenvalue weighted by atomic mass is 9.59. The summed E-state index contributed by atoms with van der Waals surface area (Å²) in [7, 11) is 0. The van der Waals surface area contributed by atoms with Crippen LogP contribution in [-0.2, 0) is 25.2 Å². The van der Waals surface area contributed by atoms with Crippen molar-refractivity contribution in [2.24, 2.45) is 11.8 Å². The van der Waals surface area contributed by atoms with Gasteiger partial charge in [0.15, 0.2) is 5.78 Å². The van der Waals surface area contributed by atoms with E-state index in [0.717, 1.165) is 33.4 Å². The Morgan fingerprint density at radius 1 is 0.522 bits per heavy atom. The van der Waals surface area contributed by atoms with Crippen LogP contribution in [0.4, 0.5) is 10.1 Å². The first-order valence-electron chi connectivity index (χ1n) is 15.5. The van der Waals surface area contributed by atoms with E-state index in [1.54, 1.807) is 0 Å². The van der Waals surface area contributed by atoms with Gasteiger partial charge in [-0.1, -0.05) is 120 Å². The SMILES string of the molecule is Cc1ccc(C2=C(c3ccc(C)cc3)[C@@]3(c4ccccc4)C(=O)[C@@]2(c2ccccc2)[C@H]2C(=O)N(c4ccc(F)cc4)C(=O)[C@@H]23)cc1. The van der Waals surface area contributed by atoms with Crippen LogP contribution in [0.3, 0.4) is 0 Å². The summed E-state index contributed by atoms with van der Waals surface area (Å²) in [6.45, 7) is 4.03. The summed E-state index contributed by atoms with van der Waals surface area (Å²) in [5, 5.41) is 0. The van der Waals surface area contributed by atoms with Crippen molar-refractivity contribution >= 4 is 34.4 Å². The number of amides is 2. The summed E-state index contributed by atoms with van der Waals surface area (Å²) in [6.07, 6.45) is 0. The minimum absolute atomic E-state index is 0.168. The van der Waals surface area contributed by atoms with Crippen LogP contribution in [0, 0.1) is 31.5 Å². The van der Waals surface area contributed by atoms with Gasteiger partial charge < -0.3 is 0 Å². The third-order valence-electron chi connectivity index (χ3n) is 10.2. The van der Waals surface area contributed by atoms with Gasteiger partial charge in [0.2, 0.25) is 11.8 Å². The van der Waals surface area contributed by atoms with Gasteiger partial charge in [0.05, 0.1) is 28.4 Å². The van der Waals surface area contributed by atoms with Gasteiger partial charge in [-0.15, -0.1) is 0 Å². The molecule has 0 radical (unpaired) electrons. The number of allylic oxidation sites excluding steroid dienone is 2. The van der Waals surface area contributed by atoms with E-state index >= 15 is 4.79 Å². The second kappa shape index (κ2) is 10.0. The molecule has 2 aliphatic carbocycles. The van der Waals surface area contributed by atoms with E-state index in [1.165, 1.54) is 29.2 Å². The lowest BCUT2D eigenvalue weighted by Gasteiger charge is -2.39. The van der Waals surface area contributed by atoms with Gasteiger partial charge in [0.25, 0.3) is 0 Å². The Kier molecular flexibility index (Phi) is 6.13. The number of halogens is 1. The maximum Gasteiger partial charge on any atom is 0.239 e. The molecule has 1 saturated heterocycles. The van der Waals surface area contributed by atoms with Crippen LogP contribution >= 0.6 is 0 Å². The Hall–Kier alpha value is -5.42. The summed E-state index contributed by atoms with van der Waals surface area (Å²) in [5.41, 5.74) is 3.98. The van der Waals surface area contributed by atoms with Gasteiger partial charge in [-0.05, 0) is 71.5 Å². The summed E-state index contributed by atoms with van der Waals surface area (Å²) < 4.78 is 14.0. The van der Waals surface area contributed by atoms with Crippen molar-refractivity contribution in [1.82, 2.24) is 0 Å². The van der Waals surface area contributed by atoms with Crippen molar-refractivity contribution in [3.63, 3.8) is 0 Å². The highest BCUT2D eigenvalue weighted by Gasteiger charge is 2.82. The van der Waals surface area contributed by atoms with E-state index in [9.17, 15) is 14.0 Å². The van der Waals surface area contributed by atoms with E-state index < -0.39 is 40.3 Å². The minimum atomic E-state index is -1.47. The van der Waals surface area contributed by atoms with Gasteiger partial charge in [-0.3, -0.25) is 14.4 Å². The monoisotopic (exact) mass is 603 g/mol. The summed E-state index contributed by atoms with van der Waals surface area (Å²) in [5.74, 6) is -3.59. The number of Topliss-reactive ketones (excluding diaryl/α,β-unsaturated/α-hetero) is 1. The molecular weight excluding hydrogens is 573 g/mol. The van der Waals surface area contributed by atoms with Crippen molar-refractivity contribution < 1.29 is 18.8 Å². The number of carbonyl (C=O) groups excluding carboxylic acids is 3. The van der Waals surface area contributed by atoms with E-state index in [2.05, 4.69) is 0 Å². The predicted molar refractivity (Wildman–Crippen MR) is 176 cm³/mol. The largest absolute Gasteiger partial charge is 0.297 e. The molecule has 5 aromatic carbocycles. The zero-order valence-electron chi connectivity index (χ0n) is 25.4. The first-order valence-corrected chi connectivity index (χ1v) is 15.5. The van der Waals surface area contributed by atoms with Crippen LogP contribution in [0.2, 0.25) is 0 Å². The number of carbonyl (C=O) groups is 3. The third kappa shape index (κ3) is 3.51. The maximum atomic E-state index is 15.9. The van der Waals surface area contributed by atoms with Crippen molar-refractivity contribution in [3.8, 4) is 0 Å². The van der Waals surface area contributed by atoms with Gasteiger partial charge in [0, 0.05) is 0 Å². The Morgan fingerprint density at radius 3 is 1.30 bits per heavy atom. The highest BCUT2D eigenvalue weighted by Crippen LogP contribution is 2.74. The van der Waals surface area contributed by atoms with E-state index in [0.29, 0.717) is 11.1 Å². The summed E-state index contributed by atoms with van der Waals surface area (Å²) >= 11 is 0. The topological polar surface area (TPSA) is 54.5 Å². The molecule has 4 nitrogen and oxygen atoms in total. The van der Waals surface area contributed by atoms with Crippen molar-refractivity contribution in [1.29, 1.82) is 0 Å². The molecule has 5 aromatic rings. The summed E-state index contributed by atoms with van der Waals surface area (Å²) in [6, 6.07) is 40.5. The minimum Gasteiger partial charge on any atom is -0.297 e. The molecule has 1 heterocycles. The predicted octanol–water partition coefficient (Wildman–Crippen LogP) is 7.63. The number of fused-ring (bicyclic) bond motifs is 5. The molecule has 2 bridgehead atoms. The zero-order valence-corrected chi connectivity index (χ0v) is 25.4. The molecule has 1 aliphatic heterocycles. The number of rotatable bonds is 5. The fourth-order valence-electron chi connectivity index (χ4n) is 8.41. The molecule has 1 saturated carbocycles. The molecule has 4 atom stereocenters. The first-order chi connectivity index (χ1) is 22.3. The Balaban J connectivity index is 1.55. The number of nitrogens with zero attached hydrogens (tertiary/aromatic N) is 1. The van der Waals surface area contributed by atoms with Crippen molar-refractivity contribution in [3.05, 3.63) is 173 Å². The molecule has 5 heteroatoms. The Bertz CT molecular complexity index is 1940. The van der Waals surface area contributed by atoms with Gasteiger partial charge in [-0.25, -0.2) is 9.29 Å². The second-order valence-electron chi connectivity index (χ2n) is 12.6. The average Bonchev–Trinajstić information content (AvgIpc) is 3.59. The fraction of sp³-hybridized carbons (Fsp3) is 0.146. The van der Waals surface area contributed by atoms with E-state index in [-0.39, 0.29) is 11.5 Å². The normalized spacial score (nSPS) is 25.0. The smallest absolute Gasteiger partial charge is 0.239 e. The molecule has 0 spiro atoms. The van der Waals surface area contributed by atoms with Crippen LogP contribution in [0.5, 0.6) is 0 Å². The molecule has 0 N–H and O–H groups in total.